The molecule has 0 saturated carbocycles. The van der Waals surface area contributed by atoms with Crippen molar-refractivity contribution < 1.29 is 4.92 Å². The maximum atomic E-state index is 11.4. The molecule has 0 aliphatic rings. The monoisotopic (exact) mass is 342 g/mol. The second-order valence-electron chi connectivity index (χ2n) is 5.17. The molecule has 4 aromatic heterocycles. The van der Waals surface area contributed by atoms with Crippen LogP contribution in [0.2, 0.25) is 5.02 Å². The molecule has 0 spiro atoms. The molecule has 0 aliphatic heterocycles. The number of fused-ring (bicyclic) bond motifs is 2. The minimum absolute atomic E-state index is 0.0996. The van der Waals surface area contributed by atoms with Gasteiger partial charge in [-0.15, -0.1) is 0 Å². The van der Waals surface area contributed by atoms with Crippen LogP contribution in [0.15, 0.2) is 48.9 Å². The standard InChI is InChI=1S/C15H11ClN6O2/c16-10-4-5-12-18-11(9-20(12)8-10)7-17-14-15(22(23)24)21-6-2-1-3-13(21)19-14/h1-6,8-9,17H,7H2. The minimum atomic E-state index is -0.453. The van der Waals surface area contributed by atoms with Crippen LogP contribution in [0.5, 0.6) is 0 Å². The molecule has 0 amide bonds. The summed E-state index contributed by atoms with van der Waals surface area (Å²) < 4.78 is 3.24. The second-order valence-corrected chi connectivity index (χ2v) is 5.60. The van der Waals surface area contributed by atoms with E-state index in [2.05, 4.69) is 15.3 Å². The van der Waals surface area contributed by atoms with Crippen molar-refractivity contribution in [3.05, 3.63) is 69.8 Å². The van der Waals surface area contributed by atoms with Gasteiger partial charge in [0.05, 0.1) is 23.5 Å². The van der Waals surface area contributed by atoms with Crippen LogP contribution in [-0.2, 0) is 6.54 Å². The fourth-order valence-corrected chi connectivity index (χ4v) is 2.72. The maximum absolute atomic E-state index is 11.4. The molecule has 4 heterocycles. The van der Waals surface area contributed by atoms with Crippen LogP contribution in [0.1, 0.15) is 5.69 Å². The van der Waals surface area contributed by atoms with Crippen molar-refractivity contribution in [1.82, 2.24) is 18.8 Å². The Morgan fingerprint density at radius 3 is 2.88 bits per heavy atom. The SMILES string of the molecule is O=[N+]([O-])c1c(NCc2cn3cc(Cl)ccc3n2)nc2ccccn12. The molecular weight excluding hydrogens is 332 g/mol. The molecule has 0 radical (unpaired) electrons. The van der Waals surface area contributed by atoms with E-state index in [1.165, 1.54) is 4.40 Å². The zero-order chi connectivity index (χ0) is 16.7. The number of anilines is 1. The Hall–Kier alpha value is -3.13. The van der Waals surface area contributed by atoms with Gasteiger partial charge in [0, 0.05) is 18.5 Å². The smallest absolute Gasteiger partial charge is 0.358 e. The summed E-state index contributed by atoms with van der Waals surface area (Å²) in [5.74, 6) is 0.110. The average Bonchev–Trinajstić information content (AvgIpc) is 3.12. The summed E-state index contributed by atoms with van der Waals surface area (Å²) >= 11 is 5.95. The van der Waals surface area contributed by atoms with Gasteiger partial charge in [0.1, 0.15) is 5.65 Å². The Labute approximate surface area is 140 Å². The van der Waals surface area contributed by atoms with Gasteiger partial charge < -0.3 is 19.8 Å². The van der Waals surface area contributed by atoms with E-state index in [-0.39, 0.29) is 11.6 Å². The zero-order valence-electron chi connectivity index (χ0n) is 12.3. The van der Waals surface area contributed by atoms with E-state index >= 15 is 0 Å². The number of nitro groups is 1. The number of hydrogen-bond donors (Lipinski definition) is 1. The van der Waals surface area contributed by atoms with E-state index in [9.17, 15) is 10.1 Å². The summed E-state index contributed by atoms with van der Waals surface area (Å²) in [6.07, 6.45) is 5.18. The molecule has 0 aromatic carbocycles. The summed E-state index contributed by atoms with van der Waals surface area (Å²) in [5.41, 5.74) is 1.98. The van der Waals surface area contributed by atoms with Crippen molar-refractivity contribution in [2.75, 3.05) is 5.32 Å². The Morgan fingerprint density at radius 1 is 1.17 bits per heavy atom. The normalized spacial score (nSPS) is 11.2. The van der Waals surface area contributed by atoms with Crippen molar-refractivity contribution in [3.8, 4) is 0 Å². The van der Waals surface area contributed by atoms with Crippen LogP contribution < -0.4 is 5.32 Å². The molecule has 24 heavy (non-hydrogen) atoms. The Balaban J connectivity index is 1.66. The molecule has 8 nitrogen and oxygen atoms in total. The van der Waals surface area contributed by atoms with Gasteiger partial charge in [-0.2, -0.15) is 9.38 Å². The van der Waals surface area contributed by atoms with Crippen molar-refractivity contribution in [1.29, 1.82) is 0 Å². The number of hydrogen-bond acceptors (Lipinski definition) is 5. The Morgan fingerprint density at radius 2 is 2.04 bits per heavy atom. The average molecular weight is 343 g/mol. The predicted molar refractivity (Wildman–Crippen MR) is 89.4 cm³/mol. The molecule has 4 aromatic rings. The highest BCUT2D eigenvalue weighted by molar-refractivity contribution is 6.30. The molecule has 120 valence electrons. The van der Waals surface area contributed by atoms with Crippen LogP contribution in [0.3, 0.4) is 0 Å². The van der Waals surface area contributed by atoms with Gasteiger partial charge in [-0.3, -0.25) is 0 Å². The minimum Gasteiger partial charge on any atom is -0.358 e. The zero-order valence-corrected chi connectivity index (χ0v) is 13.0. The highest BCUT2D eigenvalue weighted by Crippen LogP contribution is 2.25. The number of nitrogens with one attached hydrogen (secondary N) is 1. The number of pyridine rings is 2. The Bertz CT molecular complexity index is 1070. The van der Waals surface area contributed by atoms with E-state index in [4.69, 9.17) is 11.6 Å². The topological polar surface area (TPSA) is 89.8 Å². The summed E-state index contributed by atoms with van der Waals surface area (Å²) in [6.45, 7) is 0.310. The second kappa shape index (κ2) is 5.50. The summed E-state index contributed by atoms with van der Waals surface area (Å²) in [7, 11) is 0. The van der Waals surface area contributed by atoms with Gasteiger partial charge in [-0.1, -0.05) is 17.7 Å². The van der Waals surface area contributed by atoms with Crippen molar-refractivity contribution in [2.45, 2.75) is 6.54 Å². The molecular formula is C15H11ClN6O2. The van der Waals surface area contributed by atoms with Crippen molar-refractivity contribution in [3.63, 3.8) is 0 Å². The Kier molecular flexibility index (Phi) is 3.31. The first-order valence-corrected chi connectivity index (χ1v) is 7.48. The first-order valence-electron chi connectivity index (χ1n) is 7.10. The number of aromatic nitrogens is 4. The molecule has 0 unspecified atom stereocenters. The van der Waals surface area contributed by atoms with Crippen molar-refractivity contribution in [2.24, 2.45) is 0 Å². The van der Waals surface area contributed by atoms with Crippen molar-refractivity contribution >= 4 is 34.5 Å². The first kappa shape index (κ1) is 14.5. The quantitative estimate of drug-likeness (QED) is 0.454. The number of halogens is 1. The summed E-state index contributed by atoms with van der Waals surface area (Å²) in [4.78, 5) is 19.6. The molecule has 0 aliphatic carbocycles. The molecule has 1 N–H and O–H groups in total. The van der Waals surface area contributed by atoms with E-state index in [0.717, 1.165) is 11.3 Å². The lowest BCUT2D eigenvalue weighted by molar-refractivity contribution is -0.389. The van der Waals surface area contributed by atoms with E-state index in [0.29, 0.717) is 17.2 Å². The van der Waals surface area contributed by atoms with Crippen LogP contribution >= 0.6 is 11.6 Å². The maximum Gasteiger partial charge on any atom is 0.372 e. The molecule has 0 saturated heterocycles. The molecule has 0 bridgehead atoms. The van der Waals surface area contributed by atoms with E-state index < -0.39 is 4.92 Å². The molecule has 0 fully saturated rings. The summed E-state index contributed by atoms with van der Waals surface area (Å²) in [5, 5.41) is 15.0. The van der Waals surface area contributed by atoms with E-state index in [1.807, 2.05) is 6.20 Å². The van der Waals surface area contributed by atoms with Crippen LogP contribution in [0.4, 0.5) is 11.6 Å². The molecule has 4 rings (SSSR count). The highest BCUT2D eigenvalue weighted by atomic mass is 35.5. The number of nitrogens with zero attached hydrogens (tertiary/aromatic N) is 5. The van der Waals surface area contributed by atoms with Gasteiger partial charge in [0.25, 0.3) is 0 Å². The van der Waals surface area contributed by atoms with Crippen LogP contribution in [0, 0.1) is 10.1 Å². The third-order valence-corrected chi connectivity index (χ3v) is 3.80. The predicted octanol–water partition coefficient (Wildman–Crippen LogP) is 3.16. The van der Waals surface area contributed by atoms with Crippen LogP contribution in [-0.4, -0.2) is 23.7 Å². The van der Waals surface area contributed by atoms with Crippen LogP contribution in [0.25, 0.3) is 11.3 Å². The van der Waals surface area contributed by atoms with Gasteiger partial charge >= 0.3 is 5.82 Å². The van der Waals surface area contributed by atoms with Gasteiger partial charge in [-0.05, 0) is 23.1 Å². The third kappa shape index (κ3) is 2.42. The molecule has 0 atom stereocenters. The lowest BCUT2D eigenvalue weighted by Crippen LogP contribution is -2.03. The lowest BCUT2D eigenvalue weighted by atomic mass is 10.4. The van der Waals surface area contributed by atoms with Gasteiger partial charge in [0.2, 0.25) is 11.5 Å². The first-order chi connectivity index (χ1) is 11.6. The highest BCUT2D eigenvalue weighted by Gasteiger charge is 2.22. The fourth-order valence-electron chi connectivity index (χ4n) is 2.55. The van der Waals surface area contributed by atoms with E-state index in [1.54, 1.807) is 47.1 Å². The fraction of sp³-hybridized carbons (Fsp3) is 0.0667. The lowest BCUT2D eigenvalue weighted by Gasteiger charge is -2.00. The third-order valence-electron chi connectivity index (χ3n) is 3.58. The largest absolute Gasteiger partial charge is 0.372 e. The number of imidazole rings is 2. The van der Waals surface area contributed by atoms with Gasteiger partial charge in [0.15, 0.2) is 0 Å². The van der Waals surface area contributed by atoms with Gasteiger partial charge in [-0.25, -0.2) is 4.98 Å². The summed E-state index contributed by atoms with van der Waals surface area (Å²) in [6, 6.07) is 8.78. The number of rotatable bonds is 4. The molecule has 9 heteroatoms.